The average Bonchev–Trinajstić information content (AvgIpc) is 2.78. The number of rotatable bonds is 3. The first kappa shape index (κ1) is 13.8. The van der Waals surface area contributed by atoms with Crippen LogP contribution < -0.4 is 10.2 Å². The van der Waals surface area contributed by atoms with Crippen molar-refractivity contribution in [2.24, 2.45) is 5.92 Å². The molecule has 0 bridgehead atoms. The highest BCUT2D eigenvalue weighted by atomic mass is 35.5. The predicted molar refractivity (Wildman–Crippen MR) is 79.0 cm³/mol. The van der Waals surface area contributed by atoms with Crippen LogP contribution in [0.5, 0.6) is 0 Å². The number of hydrogen-bond acceptors (Lipinski definition) is 3. The van der Waals surface area contributed by atoms with Crippen LogP contribution in [-0.2, 0) is 0 Å². The van der Waals surface area contributed by atoms with Crippen LogP contribution in [0.3, 0.4) is 0 Å². The van der Waals surface area contributed by atoms with Gasteiger partial charge in [0, 0.05) is 19.6 Å². The van der Waals surface area contributed by atoms with Crippen molar-refractivity contribution in [2.45, 2.75) is 32.7 Å². The molecule has 3 nitrogen and oxygen atoms in total. The quantitative estimate of drug-likeness (QED) is 0.909. The molecule has 0 amide bonds. The zero-order valence-electron chi connectivity index (χ0n) is 11.0. The summed E-state index contributed by atoms with van der Waals surface area (Å²) >= 11 is 12.4. The number of pyridine rings is 1. The van der Waals surface area contributed by atoms with Gasteiger partial charge in [0.05, 0.1) is 10.0 Å². The van der Waals surface area contributed by atoms with Crippen molar-refractivity contribution >= 4 is 34.8 Å². The van der Waals surface area contributed by atoms with Crippen LogP contribution in [-0.4, -0.2) is 24.6 Å². The summed E-state index contributed by atoms with van der Waals surface area (Å²) in [7, 11) is 1.82. The van der Waals surface area contributed by atoms with E-state index < -0.39 is 0 Å². The largest absolute Gasteiger partial charge is 0.372 e. The van der Waals surface area contributed by atoms with Gasteiger partial charge in [-0.05, 0) is 24.8 Å². The Labute approximate surface area is 118 Å². The van der Waals surface area contributed by atoms with Crippen molar-refractivity contribution in [3.8, 4) is 0 Å². The Kier molecular flexibility index (Phi) is 4.23. The molecule has 1 aliphatic heterocycles. The molecule has 0 saturated carbocycles. The lowest BCUT2D eigenvalue weighted by Crippen LogP contribution is -2.34. The van der Waals surface area contributed by atoms with Gasteiger partial charge in [0.15, 0.2) is 0 Å². The summed E-state index contributed by atoms with van der Waals surface area (Å²) in [5.41, 5.74) is 0. The monoisotopic (exact) mass is 287 g/mol. The summed E-state index contributed by atoms with van der Waals surface area (Å²) in [5, 5.41) is 4.19. The van der Waals surface area contributed by atoms with Crippen molar-refractivity contribution in [1.29, 1.82) is 0 Å². The number of hydrogen-bond donors (Lipinski definition) is 1. The van der Waals surface area contributed by atoms with Crippen molar-refractivity contribution in [2.75, 3.05) is 23.8 Å². The van der Waals surface area contributed by atoms with Gasteiger partial charge < -0.3 is 10.2 Å². The van der Waals surface area contributed by atoms with E-state index in [1.54, 1.807) is 6.07 Å². The Bertz CT molecular complexity index is 434. The number of aromatic nitrogens is 1. The molecule has 5 heteroatoms. The van der Waals surface area contributed by atoms with Crippen LogP contribution in [0.15, 0.2) is 6.07 Å². The first-order valence-corrected chi connectivity index (χ1v) is 7.10. The molecule has 1 aromatic heterocycles. The molecule has 0 spiro atoms. The van der Waals surface area contributed by atoms with E-state index in [0.717, 1.165) is 12.4 Å². The topological polar surface area (TPSA) is 28.2 Å². The van der Waals surface area contributed by atoms with E-state index in [4.69, 9.17) is 23.2 Å². The van der Waals surface area contributed by atoms with Crippen LogP contribution in [0.2, 0.25) is 10.0 Å². The molecule has 2 heterocycles. The maximum atomic E-state index is 6.29. The van der Waals surface area contributed by atoms with Crippen molar-refractivity contribution in [3.05, 3.63) is 16.1 Å². The summed E-state index contributed by atoms with van der Waals surface area (Å²) in [6, 6.07) is 2.29. The summed E-state index contributed by atoms with van der Waals surface area (Å²) in [6.45, 7) is 5.50. The Morgan fingerprint density at radius 3 is 2.72 bits per heavy atom. The highest BCUT2D eigenvalue weighted by Gasteiger charge is 2.29. The Balaban J connectivity index is 2.38. The maximum Gasteiger partial charge on any atom is 0.150 e. The summed E-state index contributed by atoms with van der Waals surface area (Å²) in [4.78, 5) is 6.87. The lowest BCUT2D eigenvalue weighted by Gasteiger charge is -2.29. The molecule has 1 aliphatic rings. The molecule has 1 N–H and O–H groups in total. The van der Waals surface area contributed by atoms with E-state index in [2.05, 4.69) is 29.0 Å². The van der Waals surface area contributed by atoms with E-state index in [0.29, 0.717) is 27.8 Å². The first-order chi connectivity index (χ1) is 8.54. The number of halogens is 2. The molecule has 2 rings (SSSR count). The third-order valence-corrected chi connectivity index (χ3v) is 4.05. The van der Waals surface area contributed by atoms with Crippen LogP contribution in [0, 0.1) is 5.92 Å². The minimum absolute atomic E-state index is 0.515. The lowest BCUT2D eigenvalue weighted by atomic mass is 10.0. The normalized spacial score (nSPS) is 19.7. The molecule has 1 fully saturated rings. The molecule has 1 atom stereocenters. The van der Waals surface area contributed by atoms with Crippen molar-refractivity contribution < 1.29 is 0 Å². The standard InChI is InChI=1S/C13H19Cl2N3/c1-8(2)11-5-4-6-18(11)13-10(15)7-9(14)12(16-3)17-13/h7-8,11H,4-6H2,1-3H3,(H,16,17). The minimum atomic E-state index is 0.515. The second-order valence-corrected chi connectivity index (χ2v) is 5.84. The number of nitrogens with one attached hydrogen (secondary N) is 1. The Hall–Kier alpha value is -0.670. The predicted octanol–water partition coefficient (Wildman–Crippen LogP) is 4.05. The van der Waals surface area contributed by atoms with Gasteiger partial charge in [-0.3, -0.25) is 0 Å². The van der Waals surface area contributed by atoms with Gasteiger partial charge in [0.25, 0.3) is 0 Å². The van der Waals surface area contributed by atoms with Crippen molar-refractivity contribution in [3.63, 3.8) is 0 Å². The lowest BCUT2D eigenvalue weighted by molar-refractivity contribution is 0.490. The van der Waals surface area contributed by atoms with Crippen LogP contribution in [0.25, 0.3) is 0 Å². The maximum absolute atomic E-state index is 6.29. The summed E-state index contributed by atoms with van der Waals surface area (Å²) in [6.07, 6.45) is 2.39. The fourth-order valence-corrected chi connectivity index (χ4v) is 3.14. The fraction of sp³-hybridized carbons (Fsp3) is 0.615. The van der Waals surface area contributed by atoms with E-state index in [9.17, 15) is 0 Å². The van der Waals surface area contributed by atoms with Crippen molar-refractivity contribution in [1.82, 2.24) is 4.98 Å². The fourth-order valence-electron chi connectivity index (χ4n) is 2.58. The number of anilines is 2. The van der Waals surface area contributed by atoms with Gasteiger partial charge in [-0.1, -0.05) is 37.0 Å². The van der Waals surface area contributed by atoms with Gasteiger partial charge in [0.2, 0.25) is 0 Å². The SMILES string of the molecule is CNc1nc(N2CCCC2C(C)C)c(Cl)cc1Cl. The smallest absolute Gasteiger partial charge is 0.150 e. The minimum Gasteiger partial charge on any atom is -0.372 e. The first-order valence-electron chi connectivity index (χ1n) is 6.35. The Morgan fingerprint density at radius 2 is 2.11 bits per heavy atom. The van der Waals surface area contributed by atoms with Gasteiger partial charge in [-0.2, -0.15) is 0 Å². The highest BCUT2D eigenvalue weighted by Crippen LogP contribution is 2.36. The zero-order chi connectivity index (χ0) is 13.3. The second-order valence-electron chi connectivity index (χ2n) is 5.02. The third-order valence-electron chi connectivity index (χ3n) is 3.49. The molecule has 1 saturated heterocycles. The second kappa shape index (κ2) is 5.54. The van der Waals surface area contributed by atoms with Gasteiger partial charge in [0.1, 0.15) is 11.6 Å². The molecule has 1 unspecified atom stereocenters. The van der Waals surface area contributed by atoms with Gasteiger partial charge in [-0.15, -0.1) is 0 Å². The van der Waals surface area contributed by atoms with Crippen LogP contribution >= 0.6 is 23.2 Å². The molecule has 1 aromatic rings. The van der Waals surface area contributed by atoms with E-state index in [1.807, 2.05) is 7.05 Å². The molecular formula is C13H19Cl2N3. The Morgan fingerprint density at radius 1 is 1.39 bits per heavy atom. The third kappa shape index (κ3) is 2.52. The van der Waals surface area contributed by atoms with E-state index >= 15 is 0 Å². The van der Waals surface area contributed by atoms with E-state index in [1.165, 1.54) is 12.8 Å². The number of nitrogens with zero attached hydrogens (tertiary/aromatic N) is 2. The average molecular weight is 288 g/mol. The molecule has 0 aliphatic carbocycles. The molecule has 0 radical (unpaired) electrons. The van der Waals surface area contributed by atoms with Gasteiger partial charge >= 0.3 is 0 Å². The van der Waals surface area contributed by atoms with Gasteiger partial charge in [-0.25, -0.2) is 4.98 Å². The highest BCUT2D eigenvalue weighted by molar-refractivity contribution is 6.37. The zero-order valence-corrected chi connectivity index (χ0v) is 12.5. The molecule has 100 valence electrons. The summed E-state index contributed by atoms with van der Waals surface area (Å²) < 4.78 is 0. The van der Waals surface area contributed by atoms with E-state index in [-0.39, 0.29) is 0 Å². The molecule has 0 aromatic carbocycles. The van der Waals surface area contributed by atoms with Crippen LogP contribution in [0.1, 0.15) is 26.7 Å². The molecular weight excluding hydrogens is 269 g/mol. The summed E-state index contributed by atoms with van der Waals surface area (Å²) in [5.74, 6) is 2.13. The van der Waals surface area contributed by atoms with Crippen LogP contribution in [0.4, 0.5) is 11.6 Å². The molecule has 18 heavy (non-hydrogen) atoms.